The SMILES string of the molecule is CCCCCCCC(CC)C([O])=O.Cc1c(C(=O)O)cccc1C(=O)O. The van der Waals surface area contributed by atoms with Crippen LogP contribution in [-0.2, 0) is 9.90 Å². The first kappa shape index (κ1) is 23.6. The van der Waals surface area contributed by atoms with Crippen LogP contribution in [0.25, 0.3) is 0 Å². The Labute approximate surface area is 154 Å². The second-order valence-electron chi connectivity index (χ2n) is 6.22. The predicted octanol–water partition coefficient (Wildman–Crippen LogP) is 4.72. The van der Waals surface area contributed by atoms with Gasteiger partial charge in [0.15, 0.2) is 0 Å². The molecule has 0 fully saturated rings. The van der Waals surface area contributed by atoms with E-state index in [4.69, 9.17) is 10.2 Å². The molecule has 1 unspecified atom stereocenters. The molecule has 0 saturated heterocycles. The Kier molecular flexibility index (Phi) is 11.7. The van der Waals surface area contributed by atoms with Crippen molar-refractivity contribution in [1.29, 1.82) is 0 Å². The van der Waals surface area contributed by atoms with Crippen molar-refractivity contribution in [1.82, 2.24) is 0 Å². The zero-order valence-electron chi connectivity index (χ0n) is 15.8. The zero-order valence-corrected chi connectivity index (χ0v) is 15.8. The Morgan fingerprint density at radius 1 is 0.923 bits per heavy atom. The fourth-order valence-electron chi connectivity index (χ4n) is 2.58. The molecule has 1 radical (unpaired) electrons. The molecule has 0 aliphatic carbocycles. The first-order valence-electron chi connectivity index (χ1n) is 9.03. The minimum atomic E-state index is -1.11. The van der Waals surface area contributed by atoms with E-state index >= 15 is 0 Å². The van der Waals surface area contributed by atoms with Gasteiger partial charge in [-0.3, -0.25) is 0 Å². The lowest BCUT2D eigenvalue weighted by Gasteiger charge is -2.06. The molecule has 0 aliphatic rings. The fraction of sp³-hybridized carbons (Fsp3) is 0.550. The summed E-state index contributed by atoms with van der Waals surface area (Å²) in [5, 5.41) is 27.9. The van der Waals surface area contributed by atoms with Crippen molar-refractivity contribution in [2.75, 3.05) is 0 Å². The summed E-state index contributed by atoms with van der Waals surface area (Å²) in [6.07, 6.45) is 7.43. The third kappa shape index (κ3) is 8.65. The molecule has 0 spiro atoms. The lowest BCUT2D eigenvalue weighted by atomic mass is 9.98. The number of aromatic carboxylic acids is 2. The number of carbonyl (C=O) groups excluding carboxylic acids is 1. The van der Waals surface area contributed by atoms with Gasteiger partial charge in [0.1, 0.15) is 0 Å². The predicted molar refractivity (Wildman–Crippen MR) is 97.9 cm³/mol. The molecule has 6 heteroatoms. The van der Waals surface area contributed by atoms with Crippen LogP contribution in [0.5, 0.6) is 0 Å². The quantitative estimate of drug-likeness (QED) is 0.583. The maximum absolute atomic E-state index is 10.6. The summed E-state index contributed by atoms with van der Waals surface area (Å²) in [6.45, 7) is 5.56. The summed E-state index contributed by atoms with van der Waals surface area (Å²) in [5.41, 5.74) is 0.335. The van der Waals surface area contributed by atoms with Crippen LogP contribution in [0, 0.1) is 12.8 Å². The minimum absolute atomic E-state index is 0.0277. The summed E-state index contributed by atoms with van der Waals surface area (Å²) >= 11 is 0. The van der Waals surface area contributed by atoms with Gasteiger partial charge >= 0.3 is 17.9 Å². The fourth-order valence-corrected chi connectivity index (χ4v) is 2.58. The lowest BCUT2D eigenvalue weighted by Crippen LogP contribution is -2.10. The van der Waals surface area contributed by atoms with Crippen LogP contribution in [-0.4, -0.2) is 28.1 Å². The Morgan fingerprint density at radius 2 is 1.42 bits per heavy atom. The smallest absolute Gasteiger partial charge is 0.358 e. The maximum atomic E-state index is 10.6. The number of carboxylic acid groups (broad SMARTS) is 2. The Hall–Kier alpha value is -2.37. The average Bonchev–Trinajstić information content (AvgIpc) is 2.58. The molecule has 0 bridgehead atoms. The summed E-state index contributed by atoms with van der Waals surface area (Å²) in [5.74, 6) is -3.32. The van der Waals surface area contributed by atoms with E-state index < -0.39 is 17.9 Å². The standard InChI is InChI=1S/C11H21O2.C9H8O4/c1-3-5-6-7-8-9-10(4-2)11(12)13;1-5-6(8(10)11)3-2-4-7(5)9(12)13/h10H,3-9H2,1-2H3;2-4H,1H3,(H,10,11)(H,12,13). The molecule has 145 valence electrons. The Bertz CT molecular complexity index is 562. The summed E-state index contributed by atoms with van der Waals surface area (Å²) in [7, 11) is 0. The summed E-state index contributed by atoms with van der Waals surface area (Å²) in [6, 6.07) is 4.17. The third-order valence-electron chi connectivity index (χ3n) is 4.28. The van der Waals surface area contributed by atoms with Gasteiger partial charge in [-0.2, -0.15) is 0 Å². The van der Waals surface area contributed by atoms with Gasteiger partial charge in [-0.05, 0) is 37.5 Å². The molecule has 1 rings (SSSR count). The van der Waals surface area contributed by atoms with Gasteiger partial charge in [0, 0.05) is 0 Å². The van der Waals surface area contributed by atoms with Gasteiger partial charge < -0.3 is 10.2 Å². The second-order valence-corrected chi connectivity index (χ2v) is 6.22. The minimum Gasteiger partial charge on any atom is -0.478 e. The number of hydrogen-bond donors (Lipinski definition) is 2. The average molecular weight is 365 g/mol. The van der Waals surface area contributed by atoms with Crippen molar-refractivity contribution >= 4 is 17.9 Å². The molecule has 26 heavy (non-hydrogen) atoms. The molecule has 0 amide bonds. The number of hydrogen-bond acceptors (Lipinski definition) is 3. The van der Waals surface area contributed by atoms with Crippen molar-refractivity contribution in [3.63, 3.8) is 0 Å². The van der Waals surface area contributed by atoms with E-state index in [0.717, 1.165) is 19.3 Å². The molecule has 0 saturated carbocycles. The van der Waals surface area contributed by atoms with Crippen molar-refractivity contribution in [3.05, 3.63) is 34.9 Å². The molecule has 0 aliphatic heterocycles. The van der Waals surface area contributed by atoms with Crippen LogP contribution in [0.1, 0.15) is 85.1 Å². The molecular weight excluding hydrogens is 336 g/mol. The van der Waals surface area contributed by atoms with Crippen LogP contribution in [0.15, 0.2) is 18.2 Å². The van der Waals surface area contributed by atoms with E-state index in [1.807, 2.05) is 6.92 Å². The highest BCUT2D eigenvalue weighted by Gasteiger charge is 2.15. The second kappa shape index (κ2) is 12.9. The Morgan fingerprint density at radius 3 is 1.81 bits per heavy atom. The first-order chi connectivity index (χ1) is 12.3. The Balaban J connectivity index is 0.000000481. The number of unbranched alkanes of at least 4 members (excludes halogenated alkanes) is 4. The van der Waals surface area contributed by atoms with Gasteiger partial charge in [0.05, 0.1) is 17.0 Å². The molecule has 0 aromatic heterocycles. The van der Waals surface area contributed by atoms with Crippen molar-refractivity contribution in [2.45, 2.75) is 65.7 Å². The van der Waals surface area contributed by atoms with Gasteiger partial charge in [-0.25, -0.2) is 19.5 Å². The van der Waals surface area contributed by atoms with Crippen molar-refractivity contribution in [3.8, 4) is 0 Å². The molecular formula is C20H29O6. The lowest BCUT2D eigenvalue weighted by molar-refractivity contribution is -0.148. The van der Waals surface area contributed by atoms with E-state index in [0.29, 0.717) is 6.42 Å². The molecule has 1 aromatic carbocycles. The van der Waals surface area contributed by atoms with Gasteiger partial charge in [-0.15, -0.1) is 0 Å². The zero-order chi connectivity index (χ0) is 20.1. The van der Waals surface area contributed by atoms with Crippen LogP contribution in [0.2, 0.25) is 0 Å². The molecule has 1 atom stereocenters. The normalized spacial score (nSPS) is 11.2. The van der Waals surface area contributed by atoms with Crippen LogP contribution >= 0.6 is 0 Å². The van der Waals surface area contributed by atoms with Crippen LogP contribution in [0.3, 0.4) is 0 Å². The van der Waals surface area contributed by atoms with Crippen LogP contribution in [0.4, 0.5) is 0 Å². The number of rotatable bonds is 10. The van der Waals surface area contributed by atoms with Gasteiger partial charge in [0.25, 0.3) is 0 Å². The van der Waals surface area contributed by atoms with E-state index in [-0.39, 0.29) is 22.6 Å². The highest BCUT2D eigenvalue weighted by atomic mass is 16.4. The number of carbonyl (C=O) groups is 3. The van der Waals surface area contributed by atoms with Gasteiger partial charge in [-0.1, -0.05) is 52.0 Å². The summed E-state index contributed by atoms with van der Waals surface area (Å²) < 4.78 is 0. The number of benzene rings is 1. The van der Waals surface area contributed by atoms with Gasteiger partial charge in [0.2, 0.25) is 0 Å². The third-order valence-corrected chi connectivity index (χ3v) is 4.28. The summed E-state index contributed by atoms with van der Waals surface area (Å²) in [4.78, 5) is 31.7. The first-order valence-corrected chi connectivity index (χ1v) is 9.03. The molecule has 2 N–H and O–H groups in total. The van der Waals surface area contributed by atoms with E-state index in [9.17, 15) is 19.5 Å². The largest absolute Gasteiger partial charge is 0.478 e. The highest BCUT2D eigenvalue weighted by Crippen LogP contribution is 2.15. The monoisotopic (exact) mass is 365 g/mol. The van der Waals surface area contributed by atoms with E-state index in [1.54, 1.807) is 0 Å². The van der Waals surface area contributed by atoms with Crippen LogP contribution < -0.4 is 0 Å². The molecule has 1 aromatic rings. The maximum Gasteiger partial charge on any atom is 0.358 e. The number of carboxylic acids is 2. The molecule has 0 heterocycles. The van der Waals surface area contributed by atoms with Crippen molar-refractivity contribution in [2.24, 2.45) is 5.92 Å². The topological polar surface area (TPSA) is 112 Å². The molecule has 6 nitrogen and oxygen atoms in total. The van der Waals surface area contributed by atoms with E-state index in [1.165, 1.54) is 44.4 Å². The van der Waals surface area contributed by atoms with Crippen molar-refractivity contribution < 1.29 is 29.7 Å². The van der Waals surface area contributed by atoms with E-state index in [2.05, 4.69) is 6.92 Å². The highest BCUT2D eigenvalue weighted by molar-refractivity contribution is 5.96.